The molecule has 0 aliphatic heterocycles. The summed E-state index contributed by atoms with van der Waals surface area (Å²) < 4.78 is 19.2. The van der Waals surface area contributed by atoms with Crippen molar-refractivity contribution in [2.75, 3.05) is 7.11 Å². The van der Waals surface area contributed by atoms with Crippen LogP contribution in [0.5, 0.6) is 5.75 Å². The number of rotatable bonds is 4. The molecule has 2 aromatic rings. The lowest BCUT2D eigenvalue weighted by atomic mass is 10.0. The van der Waals surface area contributed by atoms with Gasteiger partial charge in [-0.2, -0.15) is 0 Å². The molecule has 0 saturated carbocycles. The largest absolute Gasteiger partial charge is 0.496 e. The lowest BCUT2D eigenvalue weighted by Gasteiger charge is -2.27. The predicted molar refractivity (Wildman–Crippen MR) is 80.4 cm³/mol. The molecule has 1 atom stereocenters. The molecule has 0 saturated heterocycles. The van der Waals surface area contributed by atoms with E-state index in [1.807, 2.05) is 36.4 Å². The van der Waals surface area contributed by atoms with E-state index in [4.69, 9.17) is 4.74 Å². The van der Waals surface area contributed by atoms with Gasteiger partial charge in [0.05, 0.1) is 7.11 Å². The second-order valence-electron chi connectivity index (χ2n) is 4.93. The minimum Gasteiger partial charge on any atom is -0.496 e. The Kier molecular flexibility index (Phi) is 4.21. The SMILES string of the molecule is COc1ccccc1C(C)(C)Pc1ccccc1F. The first-order valence-corrected chi connectivity index (χ1v) is 7.21. The van der Waals surface area contributed by atoms with Gasteiger partial charge in [-0.05, 0) is 12.1 Å². The zero-order valence-corrected chi connectivity index (χ0v) is 12.4. The highest BCUT2D eigenvalue weighted by molar-refractivity contribution is 7.48. The van der Waals surface area contributed by atoms with E-state index >= 15 is 0 Å². The average Bonchev–Trinajstić information content (AvgIpc) is 2.41. The third kappa shape index (κ3) is 3.13. The van der Waals surface area contributed by atoms with Crippen molar-refractivity contribution in [1.82, 2.24) is 0 Å². The van der Waals surface area contributed by atoms with E-state index in [0.29, 0.717) is 8.58 Å². The van der Waals surface area contributed by atoms with Crippen LogP contribution < -0.4 is 10.0 Å². The van der Waals surface area contributed by atoms with Gasteiger partial charge in [-0.1, -0.05) is 58.8 Å². The number of benzene rings is 2. The highest BCUT2D eigenvalue weighted by Gasteiger charge is 2.25. The molecular weight excluding hydrogens is 258 g/mol. The normalized spacial score (nSPS) is 12.0. The molecule has 19 heavy (non-hydrogen) atoms. The Morgan fingerprint density at radius 1 is 1.00 bits per heavy atom. The van der Waals surface area contributed by atoms with Crippen LogP contribution in [0.4, 0.5) is 4.39 Å². The van der Waals surface area contributed by atoms with Crippen LogP contribution in [0.1, 0.15) is 19.4 Å². The van der Waals surface area contributed by atoms with Crippen molar-refractivity contribution in [3.05, 3.63) is 59.9 Å². The molecule has 0 N–H and O–H groups in total. The van der Waals surface area contributed by atoms with Gasteiger partial charge >= 0.3 is 0 Å². The van der Waals surface area contributed by atoms with E-state index in [2.05, 4.69) is 13.8 Å². The van der Waals surface area contributed by atoms with Crippen LogP contribution in [0.15, 0.2) is 48.5 Å². The first-order valence-electron chi connectivity index (χ1n) is 6.21. The monoisotopic (exact) mass is 276 g/mol. The molecule has 1 nitrogen and oxygen atoms in total. The maximum Gasteiger partial charge on any atom is 0.130 e. The summed E-state index contributed by atoms with van der Waals surface area (Å²) in [6.45, 7) is 4.24. The predicted octanol–water partition coefficient (Wildman–Crippen LogP) is 4.07. The standard InChI is InChI=1S/C16H18FOP/c1-16(2,12-8-4-6-10-14(12)18-3)19-15-11-7-5-9-13(15)17/h4-11,19H,1-3H3. The lowest BCUT2D eigenvalue weighted by Crippen LogP contribution is -2.17. The van der Waals surface area contributed by atoms with Crippen LogP contribution in [0.2, 0.25) is 0 Å². The van der Waals surface area contributed by atoms with Crippen molar-refractivity contribution in [1.29, 1.82) is 0 Å². The van der Waals surface area contributed by atoms with Crippen LogP contribution in [-0.4, -0.2) is 7.11 Å². The van der Waals surface area contributed by atoms with E-state index < -0.39 is 0 Å². The molecule has 3 heteroatoms. The van der Waals surface area contributed by atoms with Crippen molar-refractivity contribution in [2.45, 2.75) is 19.0 Å². The van der Waals surface area contributed by atoms with E-state index in [1.165, 1.54) is 6.07 Å². The highest BCUT2D eigenvalue weighted by Crippen LogP contribution is 2.44. The van der Waals surface area contributed by atoms with E-state index in [1.54, 1.807) is 13.2 Å². The Bertz CT molecular complexity index is 566. The summed E-state index contributed by atoms with van der Waals surface area (Å²) in [7, 11) is 2.02. The van der Waals surface area contributed by atoms with Crippen molar-refractivity contribution in [3.63, 3.8) is 0 Å². The number of hydrogen-bond donors (Lipinski definition) is 0. The highest BCUT2D eigenvalue weighted by atomic mass is 31.1. The van der Waals surface area contributed by atoms with Crippen molar-refractivity contribution in [2.24, 2.45) is 0 Å². The fourth-order valence-corrected chi connectivity index (χ4v) is 3.52. The van der Waals surface area contributed by atoms with Gasteiger partial charge < -0.3 is 4.74 Å². The first-order chi connectivity index (χ1) is 9.04. The molecule has 0 aliphatic carbocycles. The average molecular weight is 276 g/mol. The van der Waals surface area contributed by atoms with Crippen molar-refractivity contribution in [3.8, 4) is 5.75 Å². The fraction of sp³-hybridized carbons (Fsp3) is 0.250. The summed E-state index contributed by atoms with van der Waals surface area (Å²) in [4.78, 5) is 0. The van der Waals surface area contributed by atoms with Crippen LogP contribution in [0, 0.1) is 5.82 Å². The zero-order valence-electron chi connectivity index (χ0n) is 11.4. The molecule has 0 aromatic heterocycles. The van der Waals surface area contributed by atoms with Gasteiger partial charge in [0.25, 0.3) is 0 Å². The number of hydrogen-bond acceptors (Lipinski definition) is 1. The summed E-state index contributed by atoms with van der Waals surface area (Å²) in [6.07, 6.45) is 0. The molecule has 0 aliphatic rings. The summed E-state index contributed by atoms with van der Waals surface area (Å²) >= 11 is 0. The molecule has 2 aromatic carbocycles. The fourth-order valence-electron chi connectivity index (χ4n) is 2.13. The van der Waals surface area contributed by atoms with Gasteiger partial charge in [0, 0.05) is 16.0 Å². The summed E-state index contributed by atoms with van der Waals surface area (Å²) in [6, 6.07) is 14.9. The van der Waals surface area contributed by atoms with E-state index in [9.17, 15) is 4.39 Å². The zero-order chi connectivity index (χ0) is 13.9. The summed E-state index contributed by atoms with van der Waals surface area (Å²) in [5.74, 6) is 0.722. The number of halogens is 1. The van der Waals surface area contributed by atoms with Gasteiger partial charge in [-0.3, -0.25) is 0 Å². The Morgan fingerprint density at radius 3 is 2.32 bits per heavy atom. The molecule has 0 radical (unpaired) electrons. The molecule has 0 amide bonds. The lowest BCUT2D eigenvalue weighted by molar-refractivity contribution is 0.405. The van der Waals surface area contributed by atoms with Crippen LogP contribution in [0.3, 0.4) is 0 Å². The quantitative estimate of drug-likeness (QED) is 0.765. The van der Waals surface area contributed by atoms with Crippen molar-refractivity contribution >= 4 is 13.9 Å². The summed E-state index contributed by atoms with van der Waals surface area (Å²) in [5, 5.41) is 0.604. The second-order valence-corrected chi connectivity index (χ2v) is 6.97. The van der Waals surface area contributed by atoms with E-state index in [0.717, 1.165) is 16.6 Å². The second kappa shape index (κ2) is 5.71. The minimum absolute atomic E-state index is 0.135. The molecule has 1 unspecified atom stereocenters. The number of methoxy groups -OCH3 is 1. The van der Waals surface area contributed by atoms with Crippen molar-refractivity contribution < 1.29 is 9.13 Å². The molecular formula is C16H18FOP. The maximum atomic E-state index is 13.8. The Hall–Kier alpha value is -1.40. The molecule has 2 rings (SSSR count). The third-order valence-electron chi connectivity index (χ3n) is 3.10. The van der Waals surface area contributed by atoms with Gasteiger partial charge in [-0.15, -0.1) is 0 Å². The minimum atomic E-state index is -0.158. The Morgan fingerprint density at radius 2 is 1.63 bits per heavy atom. The Balaban J connectivity index is 2.35. The number of ether oxygens (including phenoxy) is 1. The molecule has 100 valence electrons. The molecule has 0 bridgehead atoms. The van der Waals surface area contributed by atoms with Gasteiger partial charge in [0.1, 0.15) is 11.6 Å². The van der Waals surface area contributed by atoms with Crippen LogP contribution >= 0.6 is 8.58 Å². The molecule has 0 fully saturated rings. The Labute approximate surface area is 115 Å². The molecule has 0 heterocycles. The number of para-hydroxylation sites is 1. The molecule has 0 spiro atoms. The van der Waals surface area contributed by atoms with Gasteiger partial charge in [0.2, 0.25) is 0 Å². The maximum absolute atomic E-state index is 13.8. The van der Waals surface area contributed by atoms with Crippen LogP contribution in [0.25, 0.3) is 0 Å². The third-order valence-corrected chi connectivity index (χ3v) is 4.67. The van der Waals surface area contributed by atoms with Gasteiger partial charge in [-0.25, -0.2) is 4.39 Å². The topological polar surface area (TPSA) is 9.23 Å². The first kappa shape index (κ1) is 14.0. The van der Waals surface area contributed by atoms with E-state index in [-0.39, 0.29) is 11.0 Å². The van der Waals surface area contributed by atoms with Gasteiger partial charge in [0.15, 0.2) is 0 Å². The smallest absolute Gasteiger partial charge is 0.130 e. The summed E-state index contributed by atoms with van der Waals surface area (Å²) in [5.41, 5.74) is 1.11. The van der Waals surface area contributed by atoms with Crippen LogP contribution in [-0.2, 0) is 5.16 Å².